The summed E-state index contributed by atoms with van der Waals surface area (Å²) in [6.07, 6.45) is 5.87. The molecule has 0 aliphatic heterocycles. The topological polar surface area (TPSA) is 65.5 Å². The van der Waals surface area contributed by atoms with Crippen molar-refractivity contribution in [2.24, 2.45) is 0 Å². The number of nitrogens with zero attached hydrogens (tertiary/aromatic N) is 3. The maximum Gasteiger partial charge on any atom is 0.255 e. The molecule has 128 valence electrons. The van der Waals surface area contributed by atoms with Gasteiger partial charge in [0, 0.05) is 32.5 Å². The molecular formula is C17H28N4O2. The Hall–Kier alpha value is -1.95. The van der Waals surface area contributed by atoms with Gasteiger partial charge >= 0.3 is 0 Å². The fourth-order valence-corrected chi connectivity index (χ4v) is 2.10. The van der Waals surface area contributed by atoms with E-state index in [-0.39, 0.29) is 11.8 Å². The van der Waals surface area contributed by atoms with Crippen molar-refractivity contribution in [2.75, 3.05) is 40.8 Å². The fourth-order valence-electron chi connectivity index (χ4n) is 2.10. The molecule has 1 heterocycles. The van der Waals surface area contributed by atoms with E-state index in [1.54, 1.807) is 18.0 Å². The standard InChI is InChI=1S/C17H28N4O2/c1-5-6-10-21(4)17(23)15-11-14(12-18-13-15)16(22)19-8-7-9-20(2)3/h11-13H,5-10H2,1-4H3,(H,19,22). The first-order valence-electron chi connectivity index (χ1n) is 8.09. The van der Waals surface area contributed by atoms with E-state index in [2.05, 4.69) is 22.1 Å². The number of carbonyl (C=O) groups is 2. The van der Waals surface area contributed by atoms with Crippen LogP contribution in [-0.2, 0) is 0 Å². The van der Waals surface area contributed by atoms with Gasteiger partial charge < -0.3 is 15.1 Å². The highest BCUT2D eigenvalue weighted by molar-refractivity contribution is 5.99. The van der Waals surface area contributed by atoms with Crippen LogP contribution in [0.4, 0.5) is 0 Å². The molecule has 0 spiro atoms. The lowest BCUT2D eigenvalue weighted by Crippen LogP contribution is -2.29. The van der Waals surface area contributed by atoms with Crippen LogP contribution in [0.25, 0.3) is 0 Å². The number of pyridine rings is 1. The lowest BCUT2D eigenvalue weighted by Gasteiger charge is -2.16. The van der Waals surface area contributed by atoms with Crippen molar-refractivity contribution in [1.82, 2.24) is 20.1 Å². The molecule has 6 nitrogen and oxygen atoms in total. The van der Waals surface area contributed by atoms with Crippen LogP contribution >= 0.6 is 0 Å². The van der Waals surface area contributed by atoms with Gasteiger partial charge in [-0.2, -0.15) is 0 Å². The van der Waals surface area contributed by atoms with E-state index < -0.39 is 0 Å². The van der Waals surface area contributed by atoms with Crippen LogP contribution in [0.15, 0.2) is 18.5 Å². The smallest absolute Gasteiger partial charge is 0.255 e. The van der Waals surface area contributed by atoms with E-state index in [9.17, 15) is 9.59 Å². The summed E-state index contributed by atoms with van der Waals surface area (Å²) >= 11 is 0. The van der Waals surface area contributed by atoms with Gasteiger partial charge in [-0.15, -0.1) is 0 Å². The Kier molecular flexibility index (Phi) is 8.26. The van der Waals surface area contributed by atoms with Gasteiger partial charge in [0.05, 0.1) is 11.1 Å². The van der Waals surface area contributed by atoms with Crippen molar-refractivity contribution in [3.05, 3.63) is 29.6 Å². The van der Waals surface area contributed by atoms with Crippen LogP contribution in [-0.4, -0.2) is 67.4 Å². The number of aromatic nitrogens is 1. The van der Waals surface area contributed by atoms with Gasteiger partial charge in [0.2, 0.25) is 0 Å². The molecule has 0 fully saturated rings. The van der Waals surface area contributed by atoms with Gasteiger partial charge in [-0.3, -0.25) is 14.6 Å². The molecule has 2 amide bonds. The molecule has 0 aliphatic rings. The van der Waals surface area contributed by atoms with Crippen molar-refractivity contribution < 1.29 is 9.59 Å². The third kappa shape index (κ3) is 6.78. The van der Waals surface area contributed by atoms with Gasteiger partial charge in [-0.05, 0) is 39.5 Å². The predicted molar refractivity (Wildman–Crippen MR) is 91.6 cm³/mol. The Morgan fingerprint density at radius 1 is 1.09 bits per heavy atom. The molecule has 0 bridgehead atoms. The Morgan fingerprint density at radius 3 is 2.43 bits per heavy atom. The highest BCUT2D eigenvalue weighted by Crippen LogP contribution is 2.07. The third-order valence-corrected chi connectivity index (χ3v) is 3.51. The molecule has 0 atom stereocenters. The summed E-state index contributed by atoms with van der Waals surface area (Å²) in [5.74, 6) is -0.296. The molecule has 0 aromatic carbocycles. The van der Waals surface area contributed by atoms with Crippen LogP contribution in [0.5, 0.6) is 0 Å². The predicted octanol–water partition coefficient (Wildman–Crippen LogP) is 1.64. The molecule has 0 radical (unpaired) electrons. The van der Waals surface area contributed by atoms with Crippen molar-refractivity contribution >= 4 is 11.8 Å². The average Bonchev–Trinajstić information content (AvgIpc) is 2.55. The van der Waals surface area contributed by atoms with Crippen LogP contribution < -0.4 is 5.32 Å². The summed E-state index contributed by atoms with van der Waals surface area (Å²) < 4.78 is 0. The van der Waals surface area contributed by atoms with Crippen molar-refractivity contribution in [3.8, 4) is 0 Å². The largest absolute Gasteiger partial charge is 0.352 e. The summed E-state index contributed by atoms with van der Waals surface area (Å²) in [7, 11) is 5.76. The van der Waals surface area contributed by atoms with Crippen LogP contribution in [0, 0.1) is 0 Å². The van der Waals surface area contributed by atoms with E-state index in [0.717, 1.165) is 25.8 Å². The molecule has 23 heavy (non-hydrogen) atoms. The maximum atomic E-state index is 12.3. The van der Waals surface area contributed by atoms with Crippen molar-refractivity contribution in [2.45, 2.75) is 26.2 Å². The number of rotatable bonds is 9. The zero-order valence-corrected chi connectivity index (χ0v) is 14.6. The first kappa shape index (κ1) is 19.1. The first-order valence-corrected chi connectivity index (χ1v) is 8.09. The number of nitrogens with one attached hydrogen (secondary N) is 1. The maximum absolute atomic E-state index is 12.3. The van der Waals surface area contributed by atoms with Gasteiger partial charge in [-0.25, -0.2) is 0 Å². The molecule has 1 N–H and O–H groups in total. The number of unbranched alkanes of at least 4 members (excludes halogenated alkanes) is 1. The van der Waals surface area contributed by atoms with Crippen molar-refractivity contribution in [1.29, 1.82) is 0 Å². The van der Waals surface area contributed by atoms with Gasteiger partial charge in [0.15, 0.2) is 0 Å². The first-order chi connectivity index (χ1) is 11.0. The average molecular weight is 320 g/mol. The highest BCUT2D eigenvalue weighted by Gasteiger charge is 2.14. The van der Waals surface area contributed by atoms with Gasteiger partial charge in [0.1, 0.15) is 0 Å². The summed E-state index contributed by atoms with van der Waals surface area (Å²) in [4.78, 5) is 32.2. The Morgan fingerprint density at radius 2 is 1.78 bits per heavy atom. The normalized spacial score (nSPS) is 10.7. The minimum absolute atomic E-state index is 0.104. The summed E-state index contributed by atoms with van der Waals surface area (Å²) in [6.45, 7) is 4.31. The van der Waals surface area contributed by atoms with E-state index in [1.165, 1.54) is 12.4 Å². The molecule has 0 saturated heterocycles. The number of hydrogen-bond donors (Lipinski definition) is 1. The monoisotopic (exact) mass is 320 g/mol. The molecule has 1 aromatic rings. The van der Waals surface area contributed by atoms with E-state index in [4.69, 9.17) is 0 Å². The summed E-state index contributed by atoms with van der Waals surface area (Å²) in [5.41, 5.74) is 0.870. The minimum atomic E-state index is -0.192. The van der Waals surface area contributed by atoms with Gasteiger partial charge in [-0.1, -0.05) is 13.3 Å². The summed E-state index contributed by atoms with van der Waals surface area (Å²) in [6, 6.07) is 1.61. The number of amides is 2. The minimum Gasteiger partial charge on any atom is -0.352 e. The Labute approximate surface area is 138 Å². The molecule has 0 aliphatic carbocycles. The van der Waals surface area contributed by atoms with E-state index in [1.807, 2.05) is 14.1 Å². The quantitative estimate of drug-likeness (QED) is 0.703. The molecule has 6 heteroatoms. The van der Waals surface area contributed by atoms with Crippen LogP contribution in [0.2, 0.25) is 0 Å². The molecule has 1 rings (SSSR count). The lowest BCUT2D eigenvalue weighted by molar-refractivity contribution is 0.0793. The van der Waals surface area contributed by atoms with Crippen LogP contribution in [0.1, 0.15) is 46.9 Å². The Balaban J connectivity index is 2.61. The second kappa shape index (κ2) is 9.94. The molecule has 1 aromatic heterocycles. The fraction of sp³-hybridized carbons (Fsp3) is 0.588. The summed E-state index contributed by atoms with van der Waals surface area (Å²) in [5, 5.41) is 2.85. The zero-order valence-electron chi connectivity index (χ0n) is 14.6. The molecule has 0 saturated carbocycles. The van der Waals surface area contributed by atoms with Crippen LogP contribution in [0.3, 0.4) is 0 Å². The number of carbonyl (C=O) groups excluding carboxylic acids is 2. The third-order valence-electron chi connectivity index (χ3n) is 3.51. The van der Waals surface area contributed by atoms with Gasteiger partial charge in [0.25, 0.3) is 11.8 Å². The second-order valence-corrected chi connectivity index (χ2v) is 5.96. The second-order valence-electron chi connectivity index (χ2n) is 5.96. The zero-order chi connectivity index (χ0) is 17.2. The lowest BCUT2D eigenvalue weighted by atomic mass is 10.1. The SMILES string of the molecule is CCCCN(C)C(=O)c1cncc(C(=O)NCCCN(C)C)c1. The molecular weight excluding hydrogens is 292 g/mol. The number of hydrogen-bond acceptors (Lipinski definition) is 4. The highest BCUT2D eigenvalue weighted by atomic mass is 16.2. The van der Waals surface area contributed by atoms with E-state index >= 15 is 0 Å². The van der Waals surface area contributed by atoms with Crippen molar-refractivity contribution in [3.63, 3.8) is 0 Å². The molecule has 0 unspecified atom stereocenters. The van der Waals surface area contributed by atoms with E-state index in [0.29, 0.717) is 24.2 Å². The Bertz CT molecular complexity index is 517.